The van der Waals surface area contributed by atoms with Crippen LogP contribution >= 0.6 is 0 Å². The van der Waals surface area contributed by atoms with Crippen molar-refractivity contribution in [3.63, 3.8) is 0 Å². The summed E-state index contributed by atoms with van der Waals surface area (Å²) in [6, 6.07) is 8.94. The lowest BCUT2D eigenvalue weighted by Crippen LogP contribution is -1.96. The average molecular weight is 210 g/mol. The Morgan fingerprint density at radius 2 is 1.88 bits per heavy atom. The Morgan fingerprint density at radius 3 is 2.56 bits per heavy atom. The molecule has 0 atom stereocenters. The molecule has 0 saturated carbocycles. The van der Waals surface area contributed by atoms with Crippen molar-refractivity contribution in [3.05, 3.63) is 66.3 Å². The molecule has 0 saturated heterocycles. The number of allylic oxidation sites excluding steroid dienone is 1. The van der Waals surface area contributed by atoms with Crippen LogP contribution < -0.4 is 0 Å². The van der Waals surface area contributed by atoms with E-state index in [1.54, 1.807) is 42.9 Å². The summed E-state index contributed by atoms with van der Waals surface area (Å²) in [6.07, 6.45) is 8.24. The first-order chi connectivity index (χ1) is 7.86. The Labute approximate surface area is 93.5 Å². The maximum absolute atomic E-state index is 11.7. The minimum atomic E-state index is -0.0996. The number of carbonyl (C=O) groups excluding carboxylic acids is 1. The van der Waals surface area contributed by atoms with Crippen molar-refractivity contribution in [2.45, 2.75) is 0 Å². The normalized spacial score (nSPS) is 10.5. The summed E-state index contributed by atoms with van der Waals surface area (Å²) in [7, 11) is 0. The highest BCUT2D eigenvalue weighted by molar-refractivity contribution is 6.05. The highest BCUT2D eigenvalue weighted by atomic mass is 16.1. The second-order valence-corrected chi connectivity index (χ2v) is 3.19. The summed E-state index contributed by atoms with van der Waals surface area (Å²) < 4.78 is 0. The summed E-state index contributed by atoms with van der Waals surface area (Å²) in [5.41, 5.74) is 1.40. The van der Waals surface area contributed by atoms with Crippen LogP contribution in [0.15, 0.2) is 55.0 Å². The van der Waals surface area contributed by atoms with Crippen molar-refractivity contribution in [1.29, 1.82) is 0 Å². The summed E-state index contributed by atoms with van der Waals surface area (Å²) in [5, 5.41) is 0. The van der Waals surface area contributed by atoms with E-state index in [9.17, 15) is 4.79 Å². The van der Waals surface area contributed by atoms with E-state index in [2.05, 4.69) is 9.97 Å². The molecule has 2 rings (SSSR count). The molecule has 2 aromatic rings. The minimum Gasteiger partial charge on any atom is -0.288 e. The highest BCUT2D eigenvalue weighted by Gasteiger charge is 2.00. The van der Waals surface area contributed by atoms with Crippen LogP contribution in [-0.4, -0.2) is 15.8 Å². The molecule has 0 spiro atoms. The maximum Gasteiger partial charge on any atom is 0.204 e. The van der Waals surface area contributed by atoms with Gasteiger partial charge in [-0.25, -0.2) is 0 Å². The molecule has 16 heavy (non-hydrogen) atoms. The molecule has 0 unspecified atom stereocenters. The molecule has 0 aliphatic carbocycles. The van der Waals surface area contributed by atoms with E-state index < -0.39 is 0 Å². The first kappa shape index (κ1) is 10.2. The van der Waals surface area contributed by atoms with E-state index in [1.165, 1.54) is 6.08 Å². The number of rotatable bonds is 3. The lowest BCUT2D eigenvalue weighted by atomic mass is 10.2. The van der Waals surface area contributed by atoms with Gasteiger partial charge in [0.2, 0.25) is 5.78 Å². The van der Waals surface area contributed by atoms with Crippen LogP contribution in [0.1, 0.15) is 16.1 Å². The van der Waals surface area contributed by atoms with Crippen LogP contribution in [0.5, 0.6) is 0 Å². The fraction of sp³-hybridized carbons (Fsp3) is 0. The van der Waals surface area contributed by atoms with Gasteiger partial charge in [0.1, 0.15) is 5.69 Å². The number of hydrogen-bond acceptors (Lipinski definition) is 3. The van der Waals surface area contributed by atoms with Crippen molar-refractivity contribution in [2.24, 2.45) is 0 Å². The molecule has 0 aliphatic rings. The van der Waals surface area contributed by atoms with Gasteiger partial charge in [0.25, 0.3) is 0 Å². The van der Waals surface area contributed by atoms with Crippen LogP contribution in [0.25, 0.3) is 6.08 Å². The molecule has 3 nitrogen and oxygen atoms in total. The SMILES string of the molecule is O=C(/C=C/c1ccncc1)c1ccccn1. The molecule has 0 bridgehead atoms. The van der Waals surface area contributed by atoms with Gasteiger partial charge in [-0.2, -0.15) is 0 Å². The average Bonchev–Trinajstić information content (AvgIpc) is 2.38. The summed E-state index contributed by atoms with van der Waals surface area (Å²) in [4.78, 5) is 19.5. The topological polar surface area (TPSA) is 42.9 Å². The smallest absolute Gasteiger partial charge is 0.204 e. The molecule has 0 amide bonds. The van der Waals surface area contributed by atoms with Crippen LogP contribution in [-0.2, 0) is 0 Å². The third kappa shape index (κ3) is 2.60. The van der Waals surface area contributed by atoms with E-state index >= 15 is 0 Å². The predicted octanol–water partition coefficient (Wildman–Crippen LogP) is 2.37. The van der Waals surface area contributed by atoms with Gasteiger partial charge in [0.05, 0.1) is 0 Å². The van der Waals surface area contributed by atoms with Gasteiger partial charge < -0.3 is 0 Å². The van der Waals surface area contributed by atoms with Gasteiger partial charge in [-0.15, -0.1) is 0 Å². The first-order valence-corrected chi connectivity index (χ1v) is 4.90. The molecule has 78 valence electrons. The Bertz CT molecular complexity index is 492. The summed E-state index contributed by atoms with van der Waals surface area (Å²) in [5.74, 6) is -0.0996. The van der Waals surface area contributed by atoms with Crippen molar-refractivity contribution in [3.8, 4) is 0 Å². The van der Waals surface area contributed by atoms with Crippen LogP contribution in [0.2, 0.25) is 0 Å². The lowest BCUT2D eigenvalue weighted by Gasteiger charge is -1.93. The molecule has 0 radical (unpaired) electrons. The Hall–Kier alpha value is -2.29. The lowest BCUT2D eigenvalue weighted by molar-refractivity contribution is 0.104. The Morgan fingerprint density at radius 1 is 1.06 bits per heavy atom. The van der Waals surface area contributed by atoms with E-state index in [-0.39, 0.29) is 5.78 Å². The van der Waals surface area contributed by atoms with Gasteiger partial charge in [0, 0.05) is 18.6 Å². The zero-order valence-corrected chi connectivity index (χ0v) is 8.58. The third-order valence-electron chi connectivity index (χ3n) is 2.05. The molecule has 2 aromatic heterocycles. The summed E-state index contributed by atoms with van der Waals surface area (Å²) >= 11 is 0. The van der Waals surface area contributed by atoms with Crippen LogP contribution in [0.4, 0.5) is 0 Å². The largest absolute Gasteiger partial charge is 0.288 e. The van der Waals surface area contributed by atoms with Crippen LogP contribution in [0, 0.1) is 0 Å². The van der Waals surface area contributed by atoms with E-state index in [1.807, 2.05) is 12.1 Å². The molecular weight excluding hydrogens is 200 g/mol. The third-order valence-corrected chi connectivity index (χ3v) is 2.05. The first-order valence-electron chi connectivity index (χ1n) is 4.90. The number of hydrogen-bond donors (Lipinski definition) is 0. The molecule has 2 heterocycles. The number of aromatic nitrogens is 2. The van der Waals surface area contributed by atoms with Crippen molar-refractivity contribution < 1.29 is 4.79 Å². The standard InChI is InChI=1S/C13H10N2O/c16-13(12-3-1-2-8-15-12)5-4-11-6-9-14-10-7-11/h1-10H/b5-4+. The number of pyridine rings is 2. The molecule has 0 aromatic carbocycles. The van der Waals surface area contributed by atoms with Gasteiger partial charge in [-0.3, -0.25) is 14.8 Å². The quantitative estimate of drug-likeness (QED) is 0.577. The zero-order valence-electron chi connectivity index (χ0n) is 8.58. The summed E-state index contributed by atoms with van der Waals surface area (Å²) in [6.45, 7) is 0. The van der Waals surface area contributed by atoms with E-state index in [4.69, 9.17) is 0 Å². The number of ketones is 1. The van der Waals surface area contributed by atoms with Crippen LogP contribution in [0.3, 0.4) is 0 Å². The molecule has 3 heteroatoms. The predicted molar refractivity (Wildman–Crippen MR) is 61.8 cm³/mol. The fourth-order valence-corrected chi connectivity index (χ4v) is 1.24. The Kier molecular flexibility index (Phi) is 3.18. The molecular formula is C13H10N2O. The molecule has 0 aliphatic heterocycles. The zero-order chi connectivity index (χ0) is 11.2. The maximum atomic E-state index is 11.7. The molecule has 0 N–H and O–H groups in total. The van der Waals surface area contributed by atoms with Crippen molar-refractivity contribution in [2.75, 3.05) is 0 Å². The van der Waals surface area contributed by atoms with Crippen molar-refractivity contribution >= 4 is 11.9 Å². The number of nitrogens with zero attached hydrogens (tertiary/aromatic N) is 2. The van der Waals surface area contributed by atoms with Gasteiger partial charge in [-0.05, 0) is 35.9 Å². The second kappa shape index (κ2) is 4.98. The van der Waals surface area contributed by atoms with Gasteiger partial charge in [0.15, 0.2) is 0 Å². The van der Waals surface area contributed by atoms with Gasteiger partial charge in [-0.1, -0.05) is 12.1 Å². The highest BCUT2D eigenvalue weighted by Crippen LogP contribution is 2.02. The monoisotopic (exact) mass is 210 g/mol. The van der Waals surface area contributed by atoms with E-state index in [0.717, 1.165) is 5.56 Å². The minimum absolute atomic E-state index is 0.0996. The number of carbonyl (C=O) groups is 1. The fourth-order valence-electron chi connectivity index (χ4n) is 1.24. The van der Waals surface area contributed by atoms with Gasteiger partial charge >= 0.3 is 0 Å². The molecule has 0 fully saturated rings. The Balaban J connectivity index is 2.12. The van der Waals surface area contributed by atoms with Crippen molar-refractivity contribution in [1.82, 2.24) is 9.97 Å². The second-order valence-electron chi connectivity index (χ2n) is 3.19. The van der Waals surface area contributed by atoms with E-state index in [0.29, 0.717) is 5.69 Å².